The first kappa shape index (κ1) is 12.7. The number of fused-ring (bicyclic) bond motifs is 1. The molecule has 0 spiro atoms. The number of unbranched alkanes of at least 4 members (excludes halogenated alkanes) is 2. The first-order valence-electron chi connectivity index (χ1n) is 6.58. The molecule has 0 fully saturated rings. The van der Waals surface area contributed by atoms with Gasteiger partial charge in [0.05, 0.1) is 5.69 Å². The Balaban J connectivity index is 2.06. The molecule has 0 radical (unpaired) electrons. The molecule has 0 aromatic heterocycles. The van der Waals surface area contributed by atoms with Crippen molar-refractivity contribution in [2.45, 2.75) is 39.2 Å². The molecule has 98 valence electrons. The quantitative estimate of drug-likeness (QED) is 0.635. The highest BCUT2D eigenvalue weighted by molar-refractivity contribution is 6.01. The molecule has 1 aliphatic rings. The number of hydrogen-bond donors (Lipinski definition) is 2. The van der Waals surface area contributed by atoms with Crippen molar-refractivity contribution in [3.63, 3.8) is 0 Å². The third kappa shape index (κ3) is 2.94. The van der Waals surface area contributed by atoms with E-state index in [0.29, 0.717) is 5.69 Å². The van der Waals surface area contributed by atoms with Crippen molar-refractivity contribution in [1.82, 2.24) is 0 Å². The van der Waals surface area contributed by atoms with Gasteiger partial charge >= 0.3 is 0 Å². The zero-order valence-corrected chi connectivity index (χ0v) is 11.1. The maximum absolute atomic E-state index is 5.81. The fourth-order valence-electron chi connectivity index (χ4n) is 1.95. The molecule has 18 heavy (non-hydrogen) atoms. The molecule has 1 unspecified atom stereocenters. The maximum Gasteiger partial charge on any atom is 0.153 e. The number of anilines is 2. The van der Waals surface area contributed by atoms with Crippen molar-refractivity contribution >= 4 is 17.2 Å². The second kappa shape index (κ2) is 5.76. The topological polar surface area (TPSA) is 59.6 Å². The van der Waals surface area contributed by atoms with Gasteiger partial charge in [-0.05, 0) is 25.5 Å². The first-order chi connectivity index (χ1) is 8.70. The van der Waals surface area contributed by atoms with Crippen LogP contribution in [-0.2, 0) is 0 Å². The monoisotopic (exact) mass is 247 g/mol. The number of aliphatic imine (C=N–C) groups is 1. The van der Waals surface area contributed by atoms with Gasteiger partial charge in [0.25, 0.3) is 0 Å². The number of nitrogens with zero attached hydrogens (tertiary/aromatic N) is 1. The molecule has 3 N–H and O–H groups in total. The second-order valence-corrected chi connectivity index (χ2v) is 4.61. The van der Waals surface area contributed by atoms with Crippen molar-refractivity contribution < 1.29 is 4.74 Å². The number of nitrogens with one attached hydrogen (secondary N) is 1. The molecule has 0 aliphatic carbocycles. The standard InChI is InChI=1S/C14H21N3O/c1-3-4-5-8-16-14-10(2)18-13-9-11(15)6-7-12(13)17-14/h6-7,9-10H,3-5,8,15H2,1-2H3,(H,16,17). The lowest BCUT2D eigenvalue weighted by Gasteiger charge is -2.26. The number of nitrogens with two attached hydrogens (primary N) is 1. The molecular formula is C14H21N3O. The lowest BCUT2D eigenvalue weighted by Crippen LogP contribution is -2.35. The van der Waals surface area contributed by atoms with E-state index in [1.165, 1.54) is 12.8 Å². The lowest BCUT2D eigenvalue weighted by molar-refractivity contribution is 0.282. The van der Waals surface area contributed by atoms with E-state index in [9.17, 15) is 0 Å². The number of amidine groups is 1. The molecule has 0 bridgehead atoms. The van der Waals surface area contributed by atoms with Crippen LogP contribution in [-0.4, -0.2) is 18.5 Å². The summed E-state index contributed by atoms with van der Waals surface area (Å²) in [6.45, 7) is 5.05. The van der Waals surface area contributed by atoms with Crippen LogP contribution in [0.15, 0.2) is 23.2 Å². The highest BCUT2D eigenvalue weighted by Crippen LogP contribution is 2.31. The molecule has 1 aromatic rings. The number of ether oxygens (including phenoxy) is 1. The van der Waals surface area contributed by atoms with Gasteiger partial charge in [0, 0.05) is 18.3 Å². The van der Waals surface area contributed by atoms with E-state index >= 15 is 0 Å². The fraction of sp³-hybridized carbons (Fsp3) is 0.500. The third-order valence-corrected chi connectivity index (χ3v) is 3.00. The van der Waals surface area contributed by atoms with Crippen LogP contribution in [0.2, 0.25) is 0 Å². The highest BCUT2D eigenvalue weighted by atomic mass is 16.5. The van der Waals surface area contributed by atoms with Crippen molar-refractivity contribution in [3.8, 4) is 5.75 Å². The lowest BCUT2D eigenvalue weighted by atomic mass is 10.2. The van der Waals surface area contributed by atoms with Gasteiger partial charge in [-0.25, -0.2) is 0 Å². The molecule has 2 rings (SSSR count). The van der Waals surface area contributed by atoms with E-state index in [1.54, 1.807) is 0 Å². The van der Waals surface area contributed by atoms with Crippen molar-refractivity contribution in [1.29, 1.82) is 0 Å². The first-order valence-corrected chi connectivity index (χ1v) is 6.58. The van der Waals surface area contributed by atoms with Crippen molar-refractivity contribution in [3.05, 3.63) is 18.2 Å². The molecule has 1 aliphatic heterocycles. The summed E-state index contributed by atoms with van der Waals surface area (Å²) >= 11 is 0. The van der Waals surface area contributed by atoms with Crippen molar-refractivity contribution in [2.75, 3.05) is 17.6 Å². The Kier molecular flexibility index (Phi) is 4.07. The van der Waals surface area contributed by atoms with E-state index in [4.69, 9.17) is 10.5 Å². The maximum atomic E-state index is 5.81. The van der Waals surface area contributed by atoms with E-state index in [2.05, 4.69) is 17.2 Å². The molecule has 1 heterocycles. The number of rotatable bonds is 4. The Labute approximate surface area is 108 Å². The van der Waals surface area contributed by atoms with Crippen LogP contribution >= 0.6 is 0 Å². The van der Waals surface area contributed by atoms with E-state index < -0.39 is 0 Å². The molecule has 1 aromatic carbocycles. The zero-order chi connectivity index (χ0) is 13.0. The molecule has 0 saturated carbocycles. The Morgan fingerprint density at radius 1 is 1.39 bits per heavy atom. The molecule has 0 saturated heterocycles. The van der Waals surface area contributed by atoms with Crippen LogP contribution in [0.3, 0.4) is 0 Å². The van der Waals surface area contributed by atoms with Crippen molar-refractivity contribution in [2.24, 2.45) is 4.99 Å². The molecule has 4 heteroatoms. The average Bonchev–Trinajstić information content (AvgIpc) is 2.35. The summed E-state index contributed by atoms with van der Waals surface area (Å²) in [7, 11) is 0. The van der Waals surface area contributed by atoms with E-state index in [0.717, 1.165) is 30.2 Å². The number of hydrogen-bond acceptors (Lipinski definition) is 3. The van der Waals surface area contributed by atoms with Gasteiger partial charge in [0.2, 0.25) is 0 Å². The smallest absolute Gasteiger partial charge is 0.153 e. The third-order valence-electron chi connectivity index (χ3n) is 3.00. The molecular weight excluding hydrogens is 226 g/mol. The second-order valence-electron chi connectivity index (χ2n) is 4.61. The number of nitrogen functional groups attached to an aromatic ring is 1. The van der Waals surface area contributed by atoms with E-state index in [-0.39, 0.29) is 6.10 Å². The Morgan fingerprint density at radius 2 is 2.22 bits per heavy atom. The summed E-state index contributed by atoms with van der Waals surface area (Å²) in [4.78, 5) is 4.57. The van der Waals surface area contributed by atoms with Crippen LogP contribution in [0, 0.1) is 0 Å². The minimum absolute atomic E-state index is 0.0408. The summed E-state index contributed by atoms with van der Waals surface area (Å²) in [6.07, 6.45) is 3.52. The predicted octanol–water partition coefficient (Wildman–Crippen LogP) is 3.05. The Morgan fingerprint density at radius 3 is 3.00 bits per heavy atom. The van der Waals surface area contributed by atoms with Gasteiger partial charge in [0.15, 0.2) is 6.10 Å². The largest absolute Gasteiger partial charge is 0.481 e. The zero-order valence-electron chi connectivity index (χ0n) is 11.1. The molecule has 4 nitrogen and oxygen atoms in total. The van der Waals surface area contributed by atoms with Crippen LogP contribution in [0.4, 0.5) is 11.4 Å². The SMILES string of the molecule is CCCCCN=C1Nc2ccc(N)cc2OC1C. The molecule has 0 amide bonds. The summed E-state index contributed by atoms with van der Waals surface area (Å²) in [6, 6.07) is 5.63. The normalized spacial score (nSPS) is 20.1. The average molecular weight is 247 g/mol. The summed E-state index contributed by atoms with van der Waals surface area (Å²) in [5, 5.41) is 3.32. The Bertz CT molecular complexity index is 443. The number of benzene rings is 1. The van der Waals surface area contributed by atoms with Crippen LogP contribution < -0.4 is 15.8 Å². The van der Waals surface area contributed by atoms with E-state index in [1.807, 2.05) is 25.1 Å². The summed E-state index contributed by atoms with van der Waals surface area (Å²) in [5.41, 5.74) is 7.39. The van der Waals surface area contributed by atoms with Gasteiger partial charge in [-0.3, -0.25) is 4.99 Å². The van der Waals surface area contributed by atoms with Gasteiger partial charge in [-0.15, -0.1) is 0 Å². The van der Waals surface area contributed by atoms with Crippen LogP contribution in [0.1, 0.15) is 33.1 Å². The molecule has 1 atom stereocenters. The Hall–Kier alpha value is -1.71. The van der Waals surface area contributed by atoms with Crippen LogP contribution in [0.5, 0.6) is 5.75 Å². The van der Waals surface area contributed by atoms with Gasteiger partial charge < -0.3 is 15.8 Å². The fourth-order valence-corrected chi connectivity index (χ4v) is 1.95. The highest BCUT2D eigenvalue weighted by Gasteiger charge is 2.21. The summed E-state index contributed by atoms with van der Waals surface area (Å²) in [5.74, 6) is 1.71. The predicted molar refractivity (Wildman–Crippen MR) is 76.4 cm³/mol. The minimum atomic E-state index is -0.0408. The minimum Gasteiger partial charge on any atom is -0.481 e. The summed E-state index contributed by atoms with van der Waals surface area (Å²) < 4.78 is 5.81. The van der Waals surface area contributed by atoms with Gasteiger partial charge in [-0.2, -0.15) is 0 Å². The van der Waals surface area contributed by atoms with Crippen LogP contribution in [0.25, 0.3) is 0 Å². The van der Waals surface area contributed by atoms with Gasteiger partial charge in [-0.1, -0.05) is 19.8 Å². The van der Waals surface area contributed by atoms with Gasteiger partial charge in [0.1, 0.15) is 11.6 Å².